The van der Waals surface area contributed by atoms with Gasteiger partial charge in [0, 0.05) is 17.7 Å². The number of ether oxygens (including phenoxy) is 3. The largest absolute Gasteiger partial charge is 0.497 e. The van der Waals surface area contributed by atoms with Crippen LogP contribution >= 0.6 is 0 Å². The Bertz CT molecular complexity index is 503. The number of aliphatic carboxylic acids is 1. The quantitative estimate of drug-likeness (QED) is 0.628. The molecule has 5 heteroatoms. The lowest BCUT2D eigenvalue weighted by molar-refractivity contribution is -0.131. The van der Waals surface area contributed by atoms with Gasteiger partial charge in [-0.3, -0.25) is 0 Å². The first-order valence-corrected chi connectivity index (χ1v) is 5.94. The first kappa shape index (κ1) is 13.4. The molecule has 2 rings (SSSR count). The molecule has 1 heterocycles. The highest BCUT2D eigenvalue weighted by Gasteiger charge is 2.23. The van der Waals surface area contributed by atoms with E-state index in [-0.39, 0.29) is 6.10 Å². The molecule has 0 spiro atoms. The summed E-state index contributed by atoms with van der Waals surface area (Å²) in [6, 6.07) is 5.31. The first-order valence-electron chi connectivity index (χ1n) is 5.94. The zero-order valence-corrected chi connectivity index (χ0v) is 10.9. The van der Waals surface area contributed by atoms with Gasteiger partial charge in [-0.05, 0) is 24.6 Å². The number of benzene rings is 1. The Morgan fingerprint density at radius 2 is 2.32 bits per heavy atom. The minimum Gasteiger partial charge on any atom is -0.497 e. The van der Waals surface area contributed by atoms with E-state index in [9.17, 15) is 4.79 Å². The third-order valence-corrected chi connectivity index (χ3v) is 2.78. The van der Waals surface area contributed by atoms with Gasteiger partial charge in [0.2, 0.25) is 0 Å². The molecule has 0 amide bonds. The van der Waals surface area contributed by atoms with Crippen LogP contribution in [0.15, 0.2) is 24.3 Å². The van der Waals surface area contributed by atoms with E-state index in [1.807, 2.05) is 0 Å². The monoisotopic (exact) mass is 264 g/mol. The number of rotatable bonds is 6. The second-order valence-corrected chi connectivity index (χ2v) is 4.29. The molecular formula is C14H16O5. The number of carbonyl (C=O) groups is 1. The molecule has 1 aliphatic rings. The molecule has 1 saturated heterocycles. The maximum absolute atomic E-state index is 10.7. The van der Waals surface area contributed by atoms with Crippen molar-refractivity contribution in [2.75, 3.05) is 20.3 Å². The SMILES string of the molecule is COc1ccc(/C(C)=C\C(=O)O)c(OCC2CO2)c1. The summed E-state index contributed by atoms with van der Waals surface area (Å²) in [4.78, 5) is 10.7. The zero-order valence-electron chi connectivity index (χ0n) is 10.9. The van der Waals surface area contributed by atoms with Crippen molar-refractivity contribution >= 4 is 11.5 Å². The first-order chi connectivity index (χ1) is 9.10. The molecule has 0 aromatic heterocycles. The van der Waals surface area contributed by atoms with Crippen molar-refractivity contribution in [3.8, 4) is 11.5 Å². The lowest BCUT2D eigenvalue weighted by Gasteiger charge is -2.12. The van der Waals surface area contributed by atoms with Gasteiger partial charge in [0.25, 0.3) is 0 Å². The van der Waals surface area contributed by atoms with E-state index < -0.39 is 5.97 Å². The van der Waals surface area contributed by atoms with Crippen LogP contribution in [0.4, 0.5) is 0 Å². The fourth-order valence-corrected chi connectivity index (χ4v) is 1.68. The molecule has 0 saturated carbocycles. The molecular weight excluding hydrogens is 248 g/mol. The van der Waals surface area contributed by atoms with Gasteiger partial charge >= 0.3 is 5.97 Å². The minimum absolute atomic E-state index is 0.141. The van der Waals surface area contributed by atoms with Crippen LogP contribution in [0.25, 0.3) is 5.57 Å². The second kappa shape index (κ2) is 5.75. The lowest BCUT2D eigenvalue weighted by atomic mass is 10.1. The molecule has 1 aliphatic heterocycles. The molecule has 0 aliphatic carbocycles. The Balaban J connectivity index is 2.25. The van der Waals surface area contributed by atoms with E-state index in [0.717, 1.165) is 11.6 Å². The summed E-state index contributed by atoms with van der Waals surface area (Å²) < 4.78 is 15.9. The third-order valence-electron chi connectivity index (χ3n) is 2.78. The summed E-state index contributed by atoms with van der Waals surface area (Å²) in [5, 5.41) is 8.80. The molecule has 1 fully saturated rings. The molecule has 1 unspecified atom stereocenters. The maximum atomic E-state index is 10.7. The summed E-state index contributed by atoms with van der Waals surface area (Å²) in [6.45, 7) is 2.90. The smallest absolute Gasteiger partial charge is 0.328 e. The predicted octanol–water partition coefficient (Wildman–Crippen LogP) is 1.96. The van der Waals surface area contributed by atoms with Gasteiger partial charge in [-0.15, -0.1) is 0 Å². The van der Waals surface area contributed by atoms with Crippen molar-refractivity contribution < 1.29 is 24.1 Å². The molecule has 1 aromatic rings. The number of carboxylic acid groups (broad SMARTS) is 1. The molecule has 19 heavy (non-hydrogen) atoms. The van der Waals surface area contributed by atoms with Gasteiger partial charge in [-0.2, -0.15) is 0 Å². The number of allylic oxidation sites excluding steroid dienone is 1. The fraction of sp³-hybridized carbons (Fsp3) is 0.357. The van der Waals surface area contributed by atoms with Crippen LogP contribution < -0.4 is 9.47 Å². The average Bonchev–Trinajstić information content (AvgIpc) is 3.19. The summed E-state index contributed by atoms with van der Waals surface area (Å²) in [5.41, 5.74) is 1.37. The molecule has 1 N–H and O–H groups in total. The van der Waals surface area contributed by atoms with Crippen molar-refractivity contribution in [1.29, 1.82) is 0 Å². The van der Waals surface area contributed by atoms with Crippen molar-refractivity contribution in [1.82, 2.24) is 0 Å². The fourth-order valence-electron chi connectivity index (χ4n) is 1.68. The number of epoxide rings is 1. The molecule has 1 atom stereocenters. The Kier molecular flexibility index (Phi) is 4.06. The van der Waals surface area contributed by atoms with E-state index in [2.05, 4.69) is 0 Å². The maximum Gasteiger partial charge on any atom is 0.328 e. The van der Waals surface area contributed by atoms with Gasteiger partial charge in [-0.1, -0.05) is 0 Å². The number of hydrogen-bond acceptors (Lipinski definition) is 4. The van der Waals surface area contributed by atoms with Crippen LogP contribution in [0.2, 0.25) is 0 Å². The van der Waals surface area contributed by atoms with Gasteiger partial charge in [-0.25, -0.2) is 4.79 Å². The number of carboxylic acids is 1. The van der Waals surface area contributed by atoms with Crippen molar-refractivity contribution in [3.63, 3.8) is 0 Å². The van der Waals surface area contributed by atoms with Crippen LogP contribution in [0.3, 0.4) is 0 Å². The lowest BCUT2D eigenvalue weighted by Crippen LogP contribution is -2.06. The Labute approximate surface area is 111 Å². The van der Waals surface area contributed by atoms with Crippen LogP contribution in [-0.2, 0) is 9.53 Å². The van der Waals surface area contributed by atoms with E-state index in [0.29, 0.717) is 30.3 Å². The van der Waals surface area contributed by atoms with E-state index in [1.54, 1.807) is 32.2 Å². The molecule has 0 radical (unpaired) electrons. The summed E-state index contributed by atoms with van der Waals surface area (Å²) >= 11 is 0. The van der Waals surface area contributed by atoms with Crippen LogP contribution in [0, 0.1) is 0 Å². The Morgan fingerprint density at radius 1 is 1.58 bits per heavy atom. The molecule has 5 nitrogen and oxygen atoms in total. The van der Waals surface area contributed by atoms with Gasteiger partial charge in [0.15, 0.2) is 0 Å². The van der Waals surface area contributed by atoms with Crippen LogP contribution in [-0.4, -0.2) is 37.5 Å². The molecule has 0 bridgehead atoms. The van der Waals surface area contributed by atoms with E-state index >= 15 is 0 Å². The normalized spacial score (nSPS) is 18.0. The third kappa shape index (κ3) is 3.72. The summed E-state index contributed by atoms with van der Waals surface area (Å²) in [7, 11) is 1.57. The van der Waals surface area contributed by atoms with E-state index in [4.69, 9.17) is 19.3 Å². The molecule has 1 aromatic carbocycles. The summed E-state index contributed by atoms with van der Waals surface area (Å²) in [6.07, 6.45) is 1.30. The average molecular weight is 264 g/mol. The van der Waals surface area contributed by atoms with E-state index in [1.165, 1.54) is 0 Å². The highest BCUT2D eigenvalue weighted by atomic mass is 16.6. The van der Waals surface area contributed by atoms with Crippen molar-refractivity contribution in [2.45, 2.75) is 13.0 Å². The second-order valence-electron chi connectivity index (χ2n) is 4.29. The van der Waals surface area contributed by atoms with Crippen LogP contribution in [0.1, 0.15) is 12.5 Å². The van der Waals surface area contributed by atoms with Gasteiger partial charge in [0.1, 0.15) is 24.2 Å². The highest BCUT2D eigenvalue weighted by molar-refractivity contribution is 5.90. The van der Waals surface area contributed by atoms with Gasteiger partial charge in [0.05, 0.1) is 13.7 Å². The minimum atomic E-state index is -0.982. The van der Waals surface area contributed by atoms with Crippen molar-refractivity contribution in [2.24, 2.45) is 0 Å². The Hall–Kier alpha value is -2.01. The summed E-state index contributed by atoms with van der Waals surface area (Å²) in [5.74, 6) is 0.285. The highest BCUT2D eigenvalue weighted by Crippen LogP contribution is 2.30. The standard InChI is InChI=1S/C14H16O5/c1-9(5-14(15)16)12-4-3-10(17-2)6-13(12)19-8-11-7-18-11/h3-6,11H,7-8H2,1-2H3,(H,15,16)/b9-5-. The number of methoxy groups -OCH3 is 1. The van der Waals surface area contributed by atoms with Gasteiger partial charge < -0.3 is 19.3 Å². The van der Waals surface area contributed by atoms with Crippen molar-refractivity contribution in [3.05, 3.63) is 29.8 Å². The predicted molar refractivity (Wildman–Crippen MR) is 69.5 cm³/mol. The van der Waals surface area contributed by atoms with Crippen LogP contribution in [0.5, 0.6) is 11.5 Å². The topological polar surface area (TPSA) is 68.3 Å². The zero-order chi connectivity index (χ0) is 13.8. The molecule has 102 valence electrons. The Morgan fingerprint density at radius 3 is 2.89 bits per heavy atom. The number of hydrogen-bond donors (Lipinski definition) is 1.